The molecule has 24 heteroatoms. The summed E-state index contributed by atoms with van der Waals surface area (Å²) in [5.41, 5.74) is -2.67. The zero-order valence-corrected chi connectivity index (χ0v) is 44.7. The van der Waals surface area contributed by atoms with Crippen LogP contribution in [0.15, 0.2) is 11.6 Å². The van der Waals surface area contributed by atoms with Gasteiger partial charge in [0.1, 0.15) is 91.6 Å². The standard InChI is InChI=1S/C53H86O24/c1-48(2)11-13-53(47(69)77-44-37(66)35(64)32(61)26(17-54)71-44)14-12-51(5)22(23(53)15-48)7-8-30-49(3)16-24(58)42(50(4,21-57)29(49)9-10-52(30,51)6)76-46-39(68)41(34(63)28(19-56)73-46)75-45-38(67)40(33(62)27(18-55)72-45)74-43-36(65)31(60)25(59)20-70-43/h7,23-46,54-68H,8-21H2,1-6H3. The number of hydrogen-bond donors (Lipinski definition) is 15. The maximum Gasteiger partial charge on any atom is 0.315 e. The number of carbonyl (C=O) groups is 1. The highest BCUT2D eigenvalue weighted by Crippen LogP contribution is 2.76. The summed E-state index contributed by atoms with van der Waals surface area (Å²) in [7, 11) is 0. The number of rotatable bonds is 12. The molecule has 4 saturated carbocycles. The quantitative estimate of drug-likeness (QED) is 0.0513. The van der Waals surface area contributed by atoms with Gasteiger partial charge in [0.2, 0.25) is 6.29 Å². The predicted molar refractivity (Wildman–Crippen MR) is 260 cm³/mol. The van der Waals surface area contributed by atoms with Crippen molar-refractivity contribution in [2.75, 3.05) is 33.0 Å². The van der Waals surface area contributed by atoms with E-state index in [2.05, 4.69) is 40.7 Å². The maximum absolute atomic E-state index is 14.8. The molecule has 4 saturated heterocycles. The van der Waals surface area contributed by atoms with Gasteiger partial charge in [-0.25, -0.2) is 0 Å². The minimum Gasteiger partial charge on any atom is -0.432 e. The Morgan fingerprint density at radius 2 is 1.12 bits per heavy atom. The molecule has 0 amide bonds. The van der Waals surface area contributed by atoms with Gasteiger partial charge in [0.05, 0.1) is 50.7 Å². The molecule has 0 bridgehead atoms. The van der Waals surface area contributed by atoms with Crippen LogP contribution in [0.1, 0.15) is 99.3 Å². The summed E-state index contributed by atoms with van der Waals surface area (Å²) < 4.78 is 46.8. The average Bonchev–Trinajstić information content (AvgIpc) is 3.45. The van der Waals surface area contributed by atoms with E-state index in [1.807, 2.05) is 6.92 Å². The molecule has 77 heavy (non-hydrogen) atoms. The molecule has 5 aliphatic carbocycles. The van der Waals surface area contributed by atoms with Gasteiger partial charge in [0.25, 0.3) is 0 Å². The minimum absolute atomic E-state index is 0.0575. The number of esters is 1. The first-order valence-electron chi connectivity index (χ1n) is 27.5. The summed E-state index contributed by atoms with van der Waals surface area (Å²) in [4.78, 5) is 14.8. The highest BCUT2D eigenvalue weighted by molar-refractivity contribution is 5.79. The second kappa shape index (κ2) is 21.8. The second-order valence-corrected chi connectivity index (χ2v) is 25.8. The van der Waals surface area contributed by atoms with Crippen molar-refractivity contribution in [2.45, 2.75) is 228 Å². The lowest BCUT2D eigenvalue weighted by atomic mass is 9.33. The molecular weight excluding hydrogens is 1020 g/mol. The van der Waals surface area contributed by atoms with Crippen molar-refractivity contribution in [2.24, 2.45) is 50.2 Å². The minimum atomic E-state index is -1.98. The fourth-order valence-corrected chi connectivity index (χ4v) is 16.4. The van der Waals surface area contributed by atoms with Crippen molar-refractivity contribution >= 4 is 5.97 Å². The second-order valence-electron chi connectivity index (χ2n) is 25.8. The number of hydrogen-bond acceptors (Lipinski definition) is 24. The topological polar surface area (TPSA) is 394 Å². The Kier molecular flexibility index (Phi) is 17.0. The van der Waals surface area contributed by atoms with Crippen molar-refractivity contribution in [1.82, 2.24) is 0 Å². The lowest BCUT2D eigenvalue weighted by Gasteiger charge is -2.72. The van der Waals surface area contributed by atoms with Crippen LogP contribution in [0.3, 0.4) is 0 Å². The number of ether oxygens (including phenoxy) is 8. The third kappa shape index (κ3) is 9.69. The molecule has 24 nitrogen and oxygen atoms in total. The molecular formula is C53H86O24. The molecule has 0 radical (unpaired) electrons. The summed E-state index contributed by atoms with van der Waals surface area (Å²) >= 11 is 0. The monoisotopic (exact) mass is 1110 g/mol. The number of allylic oxidation sites excluding steroid dienone is 2. The molecule has 442 valence electrons. The Labute approximate surface area is 447 Å². The van der Waals surface area contributed by atoms with Crippen LogP contribution in [0.2, 0.25) is 0 Å². The lowest BCUT2D eigenvalue weighted by molar-refractivity contribution is -0.385. The average molecular weight is 1110 g/mol. The first-order valence-corrected chi connectivity index (χ1v) is 27.5. The molecule has 15 N–H and O–H groups in total. The molecule has 9 aliphatic rings. The summed E-state index contributed by atoms with van der Waals surface area (Å²) in [6.07, 6.45) is -27.5. The molecule has 9 rings (SSSR count). The van der Waals surface area contributed by atoms with Crippen LogP contribution in [-0.4, -0.2) is 245 Å². The van der Waals surface area contributed by atoms with Crippen molar-refractivity contribution in [1.29, 1.82) is 0 Å². The summed E-state index contributed by atoms with van der Waals surface area (Å²) in [6, 6.07) is 0. The smallest absolute Gasteiger partial charge is 0.315 e. The molecule has 29 atom stereocenters. The Morgan fingerprint density at radius 3 is 1.71 bits per heavy atom. The van der Waals surface area contributed by atoms with Crippen LogP contribution in [0, 0.1) is 50.2 Å². The highest BCUT2D eigenvalue weighted by Gasteiger charge is 2.72. The van der Waals surface area contributed by atoms with Gasteiger partial charge in [-0.3, -0.25) is 4.79 Å². The molecule has 0 aromatic rings. The summed E-state index contributed by atoms with van der Waals surface area (Å²) in [5, 5.41) is 163. The molecule has 0 aromatic carbocycles. The van der Waals surface area contributed by atoms with Gasteiger partial charge < -0.3 is 114 Å². The van der Waals surface area contributed by atoms with Crippen molar-refractivity contribution in [3.63, 3.8) is 0 Å². The van der Waals surface area contributed by atoms with Crippen molar-refractivity contribution in [3.8, 4) is 0 Å². The SMILES string of the molecule is CC1(C)CCC2(C(=O)OC3OC(CO)C(O)C(O)C3O)CCC3(C)C(=CCC4C5(C)CC(O)C(OC6OC(CO)C(O)C(OC7OC(CO)C(O)C(OC8OCC(O)C(O)C8O)C7O)C6O)C(C)(CO)C5CCC43C)C2C1. The van der Waals surface area contributed by atoms with Gasteiger partial charge in [-0.1, -0.05) is 53.2 Å². The first kappa shape index (κ1) is 59.9. The molecule has 4 heterocycles. The van der Waals surface area contributed by atoms with E-state index < -0.39 is 195 Å². The van der Waals surface area contributed by atoms with Crippen LogP contribution in [0.25, 0.3) is 0 Å². The van der Waals surface area contributed by atoms with Crippen molar-refractivity contribution in [3.05, 3.63) is 11.6 Å². The Hall–Kier alpha value is -1.67. The lowest BCUT2D eigenvalue weighted by Crippen LogP contribution is -2.70. The Balaban J connectivity index is 0.948. The Morgan fingerprint density at radius 1 is 0.571 bits per heavy atom. The first-order chi connectivity index (χ1) is 36.1. The summed E-state index contributed by atoms with van der Waals surface area (Å²) in [5.74, 6) is -1.18. The molecule has 8 fully saturated rings. The van der Waals surface area contributed by atoms with Crippen molar-refractivity contribution < 1.29 is 119 Å². The molecule has 4 aliphatic heterocycles. The van der Waals surface area contributed by atoms with E-state index in [9.17, 15) is 81.4 Å². The van der Waals surface area contributed by atoms with Gasteiger partial charge in [-0.2, -0.15) is 0 Å². The summed E-state index contributed by atoms with van der Waals surface area (Å²) in [6.45, 7) is 9.61. The molecule has 0 aromatic heterocycles. The fourth-order valence-electron chi connectivity index (χ4n) is 16.4. The third-order valence-corrected chi connectivity index (χ3v) is 21.1. The van der Waals surface area contributed by atoms with E-state index >= 15 is 0 Å². The predicted octanol–water partition coefficient (Wildman–Crippen LogP) is -3.45. The van der Waals surface area contributed by atoms with Gasteiger partial charge in [-0.15, -0.1) is 0 Å². The van der Waals surface area contributed by atoms with Crippen LogP contribution in [0.5, 0.6) is 0 Å². The molecule has 29 unspecified atom stereocenters. The third-order valence-electron chi connectivity index (χ3n) is 21.1. The van der Waals surface area contributed by atoms with E-state index in [-0.39, 0.29) is 29.6 Å². The molecule has 0 spiro atoms. The van der Waals surface area contributed by atoms with E-state index in [0.717, 1.165) is 12.0 Å². The maximum atomic E-state index is 14.8. The number of aliphatic hydroxyl groups excluding tert-OH is 15. The van der Waals surface area contributed by atoms with Gasteiger partial charge >= 0.3 is 5.97 Å². The number of fused-ring (bicyclic) bond motifs is 7. The van der Waals surface area contributed by atoms with Gasteiger partial charge in [0, 0.05) is 5.41 Å². The number of aliphatic hydroxyl groups is 15. The van der Waals surface area contributed by atoms with Crippen LogP contribution < -0.4 is 0 Å². The van der Waals surface area contributed by atoms with Crippen LogP contribution >= 0.6 is 0 Å². The van der Waals surface area contributed by atoms with Crippen LogP contribution in [-0.2, 0) is 42.7 Å². The zero-order chi connectivity index (χ0) is 56.3. The highest BCUT2D eigenvalue weighted by atomic mass is 16.8. The zero-order valence-electron chi connectivity index (χ0n) is 44.7. The van der Waals surface area contributed by atoms with Gasteiger partial charge in [-0.05, 0) is 97.2 Å². The van der Waals surface area contributed by atoms with E-state index in [4.69, 9.17) is 37.9 Å². The Bertz CT molecular complexity index is 2120. The van der Waals surface area contributed by atoms with E-state index in [1.54, 1.807) is 0 Å². The van der Waals surface area contributed by atoms with E-state index in [1.165, 1.54) is 0 Å². The fraction of sp³-hybridized carbons (Fsp3) is 0.943. The largest absolute Gasteiger partial charge is 0.432 e. The van der Waals surface area contributed by atoms with Crippen LogP contribution in [0.4, 0.5) is 0 Å². The normalized spacial score (nSPS) is 54.7. The van der Waals surface area contributed by atoms with Gasteiger partial charge in [0.15, 0.2) is 18.9 Å². The number of carbonyl (C=O) groups excluding carboxylic acids is 1. The van der Waals surface area contributed by atoms with E-state index in [0.29, 0.717) is 44.9 Å².